The zero-order chi connectivity index (χ0) is 26.0. The molecule has 4 heterocycles. The molecule has 2 aromatic heterocycles. The molecule has 0 saturated heterocycles. The first-order valence-corrected chi connectivity index (χ1v) is 9.50. The van der Waals surface area contributed by atoms with E-state index in [1.807, 2.05) is 0 Å². The van der Waals surface area contributed by atoms with Gasteiger partial charge in [-0.25, -0.2) is 9.97 Å². The van der Waals surface area contributed by atoms with Gasteiger partial charge < -0.3 is 0 Å². The van der Waals surface area contributed by atoms with Crippen LogP contribution < -0.4 is 21.8 Å². The third-order valence-corrected chi connectivity index (χ3v) is 4.50. The SMILES string of the molecule is C.O=C1Cn2c(nc(C(F)(F)F)c(Br)c2=O)N1.O=C1Cn2c(nc(C(F)(F)F)cc2=O)N1.[B]=NS. The number of thiol groups is 1. The van der Waals surface area contributed by atoms with Crippen LogP contribution in [0.25, 0.3) is 0 Å². The monoisotopic (exact) mass is 590 g/mol. The number of carbonyl (C=O) groups is 2. The summed E-state index contributed by atoms with van der Waals surface area (Å²) in [6, 6.07) is 0.365. The average molecular weight is 591 g/mol. The van der Waals surface area contributed by atoms with Crippen LogP contribution in [0.4, 0.5) is 38.2 Å². The molecule has 0 aliphatic carbocycles. The summed E-state index contributed by atoms with van der Waals surface area (Å²) in [6.07, 6.45) is -9.44. The minimum absolute atomic E-state index is 0. The van der Waals surface area contributed by atoms with Crippen molar-refractivity contribution in [3.8, 4) is 0 Å². The van der Waals surface area contributed by atoms with E-state index in [1.54, 1.807) is 0 Å². The summed E-state index contributed by atoms with van der Waals surface area (Å²) in [7, 11) is 4.34. The van der Waals surface area contributed by atoms with E-state index in [4.69, 9.17) is 0 Å². The first-order valence-electron chi connectivity index (χ1n) is 8.30. The molecule has 1 radical (unpaired) electrons. The number of halogens is 7. The van der Waals surface area contributed by atoms with Gasteiger partial charge in [-0.15, -0.1) is 0 Å². The van der Waals surface area contributed by atoms with Gasteiger partial charge in [-0.3, -0.25) is 38.9 Å². The van der Waals surface area contributed by atoms with Gasteiger partial charge in [0.15, 0.2) is 11.4 Å². The number of fused-ring (bicyclic) bond motifs is 2. The molecule has 0 saturated carbocycles. The third-order valence-electron chi connectivity index (χ3n) is 3.79. The van der Waals surface area contributed by atoms with Crippen LogP contribution in [0.2, 0.25) is 0 Å². The van der Waals surface area contributed by atoms with E-state index in [0.717, 1.165) is 9.13 Å². The van der Waals surface area contributed by atoms with Gasteiger partial charge in [0, 0.05) is 6.07 Å². The van der Waals surface area contributed by atoms with E-state index in [-0.39, 0.29) is 32.4 Å². The molecule has 20 heteroatoms. The van der Waals surface area contributed by atoms with Crippen molar-refractivity contribution in [1.29, 1.82) is 0 Å². The fourth-order valence-corrected chi connectivity index (χ4v) is 3.00. The van der Waals surface area contributed by atoms with E-state index in [2.05, 4.69) is 61.3 Å². The molecule has 0 spiro atoms. The number of hydrogen-bond donors (Lipinski definition) is 3. The number of alkyl halides is 6. The van der Waals surface area contributed by atoms with Crippen LogP contribution >= 0.6 is 28.7 Å². The summed E-state index contributed by atoms with van der Waals surface area (Å²) >= 11 is 5.73. The molecular weight excluding hydrogens is 579 g/mol. The first-order chi connectivity index (χ1) is 15.6. The summed E-state index contributed by atoms with van der Waals surface area (Å²) < 4.78 is 77.6. The Hall–Kier alpha value is -3.03. The molecule has 4 rings (SSSR count). The predicted molar refractivity (Wildman–Crippen MR) is 116 cm³/mol. The molecule has 35 heavy (non-hydrogen) atoms. The fourth-order valence-electron chi connectivity index (χ4n) is 2.48. The van der Waals surface area contributed by atoms with Crippen molar-refractivity contribution in [3.05, 3.63) is 42.6 Å². The average Bonchev–Trinajstić information content (AvgIpc) is 3.26. The van der Waals surface area contributed by atoms with Gasteiger partial charge in [0.2, 0.25) is 23.7 Å². The Morgan fingerprint density at radius 3 is 1.86 bits per heavy atom. The van der Waals surface area contributed by atoms with E-state index >= 15 is 0 Å². The second kappa shape index (κ2) is 11.1. The van der Waals surface area contributed by atoms with Crippen molar-refractivity contribution >= 4 is 60.1 Å². The number of carbonyl (C=O) groups excluding carboxylic acids is 2. The van der Waals surface area contributed by atoms with Crippen molar-refractivity contribution in [3.63, 3.8) is 0 Å². The molecule has 0 unspecified atom stereocenters. The van der Waals surface area contributed by atoms with Crippen LogP contribution in [-0.4, -0.2) is 38.6 Å². The topological polar surface area (TPSA) is 140 Å². The quantitative estimate of drug-likeness (QED) is 0.244. The Morgan fingerprint density at radius 1 is 0.943 bits per heavy atom. The molecule has 0 atom stereocenters. The molecule has 2 N–H and O–H groups in total. The number of anilines is 2. The van der Waals surface area contributed by atoms with Gasteiger partial charge in [0.05, 0.1) is 0 Å². The summed E-state index contributed by atoms with van der Waals surface area (Å²) in [4.78, 5) is 50.7. The van der Waals surface area contributed by atoms with E-state index < -0.39 is 51.1 Å². The minimum atomic E-state index is -4.75. The second-order valence-corrected chi connectivity index (χ2v) is 7.11. The van der Waals surface area contributed by atoms with Gasteiger partial charge in [0.1, 0.15) is 17.6 Å². The summed E-state index contributed by atoms with van der Waals surface area (Å²) in [5.41, 5.74) is -4.48. The molecule has 2 aromatic rings. The Kier molecular flexibility index (Phi) is 9.55. The van der Waals surface area contributed by atoms with Gasteiger partial charge >= 0.3 is 37.1 Å². The van der Waals surface area contributed by atoms with Gasteiger partial charge in [0.25, 0.3) is 11.1 Å². The summed E-state index contributed by atoms with van der Waals surface area (Å²) in [5.74, 6) is -1.87. The second-order valence-electron chi connectivity index (χ2n) is 6.09. The van der Waals surface area contributed by atoms with E-state index in [9.17, 15) is 45.5 Å². The number of nitrogens with one attached hydrogen (secondary N) is 2. The van der Waals surface area contributed by atoms with Crippen LogP contribution in [0, 0.1) is 0 Å². The van der Waals surface area contributed by atoms with Crippen molar-refractivity contribution in [2.75, 3.05) is 10.6 Å². The standard InChI is InChI=1S/C7H3BrF3N3O2.C7H4F3N3O2.CH4.BHNS/c8-3-4(7(9,10)11)13-6-12-2(15)1-14(6)5(3)16;8-7(9,10)3-1-5(15)13-2-4(14)12-6(13)11-3;;1-2-3/h1H2,(H,12,13,15);1H,2H2,(H,11,12,14);1H4;3H. The zero-order valence-corrected chi connectivity index (χ0v) is 18.5. The number of nitrogens with zero attached hydrogens (tertiary/aromatic N) is 5. The normalized spacial score (nSPS) is 13.6. The van der Waals surface area contributed by atoms with Gasteiger partial charge in [-0.2, -0.15) is 26.3 Å². The van der Waals surface area contributed by atoms with Crippen LogP contribution in [0.3, 0.4) is 0 Å². The van der Waals surface area contributed by atoms with E-state index in [1.165, 1.54) is 0 Å². The number of amides is 2. The summed E-state index contributed by atoms with van der Waals surface area (Å²) in [5, 5.41) is 4.13. The van der Waals surface area contributed by atoms with Crippen molar-refractivity contribution in [1.82, 2.24) is 19.1 Å². The molecule has 2 amide bonds. The van der Waals surface area contributed by atoms with Crippen molar-refractivity contribution < 1.29 is 35.9 Å². The van der Waals surface area contributed by atoms with E-state index in [0.29, 0.717) is 6.07 Å². The zero-order valence-electron chi connectivity index (χ0n) is 16.0. The third kappa shape index (κ3) is 6.99. The molecule has 0 bridgehead atoms. The van der Waals surface area contributed by atoms with Crippen LogP contribution in [-0.2, 0) is 35.0 Å². The number of aromatic nitrogens is 4. The Balaban J connectivity index is 0.000000308. The van der Waals surface area contributed by atoms with Crippen molar-refractivity contribution in [2.45, 2.75) is 32.9 Å². The van der Waals surface area contributed by atoms with Crippen LogP contribution in [0.15, 0.2) is 24.4 Å². The van der Waals surface area contributed by atoms with Crippen molar-refractivity contribution in [2.24, 2.45) is 4.30 Å². The molecule has 0 fully saturated rings. The van der Waals surface area contributed by atoms with Gasteiger partial charge in [-0.1, -0.05) is 7.43 Å². The van der Waals surface area contributed by atoms with Gasteiger partial charge in [-0.05, 0) is 15.9 Å². The first kappa shape index (κ1) is 30.0. The molecule has 0 aromatic carbocycles. The maximum absolute atomic E-state index is 12.4. The Morgan fingerprint density at radius 2 is 1.40 bits per heavy atom. The fraction of sp³-hybridized carbons (Fsp3) is 0.333. The molecular formula is C15H12BBrF6N7O4S. The summed E-state index contributed by atoms with van der Waals surface area (Å²) in [6.45, 7) is -0.614. The molecule has 11 nitrogen and oxygen atoms in total. The Bertz CT molecular complexity index is 1280. The molecule has 2 aliphatic rings. The number of rotatable bonds is 0. The maximum atomic E-state index is 12.4. The van der Waals surface area contributed by atoms with Crippen LogP contribution in [0.5, 0.6) is 0 Å². The Labute approximate surface area is 205 Å². The predicted octanol–water partition coefficient (Wildman–Crippen LogP) is 2.01. The molecule has 189 valence electrons. The van der Waals surface area contributed by atoms with Crippen LogP contribution in [0.1, 0.15) is 18.8 Å². The number of hydrogen-bond acceptors (Lipinski definition) is 8. The molecule has 2 aliphatic heterocycles.